The number of carbonyl (C=O) groups excluding carboxylic acids is 2. The number of hydrogen-bond acceptors (Lipinski definition) is 5. The molecule has 2 amide bonds. The Morgan fingerprint density at radius 1 is 1.36 bits per heavy atom. The largest absolute Gasteiger partial charge is 0.383 e. The quantitative estimate of drug-likeness (QED) is 0.565. The van der Waals surface area contributed by atoms with Crippen LogP contribution in [0.4, 0.5) is 5.69 Å². The van der Waals surface area contributed by atoms with Crippen molar-refractivity contribution in [3.05, 3.63) is 29.8 Å². The lowest BCUT2D eigenvalue weighted by Crippen LogP contribution is -2.34. The first-order chi connectivity index (χ1) is 11.7. The van der Waals surface area contributed by atoms with Crippen LogP contribution in [-0.4, -0.2) is 51.3 Å². The molecule has 140 valence electrons. The number of benzene rings is 1. The smallest absolute Gasteiger partial charge is 0.253 e. The van der Waals surface area contributed by atoms with Crippen LogP contribution in [0.25, 0.3) is 0 Å². The molecule has 1 atom stereocenters. The average molecular weight is 372 g/mol. The molecule has 1 saturated heterocycles. The van der Waals surface area contributed by atoms with Crippen molar-refractivity contribution in [2.45, 2.75) is 25.5 Å². The van der Waals surface area contributed by atoms with Crippen LogP contribution >= 0.6 is 12.4 Å². The maximum atomic E-state index is 12.0. The van der Waals surface area contributed by atoms with Crippen molar-refractivity contribution in [1.29, 1.82) is 0 Å². The number of nitrogens with one attached hydrogen (secondary N) is 3. The number of ether oxygens (including phenoxy) is 2. The zero-order valence-corrected chi connectivity index (χ0v) is 15.2. The summed E-state index contributed by atoms with van der Waals surface area (Å²) < 4.78 is 10.3. The number of rotatable bonds is 9. The van der Waals surface area contributed by atoms with E-state index >= 15 is 0 Å². The highest BCUT2D eigenvalue weighted by molar-refractivity contribution is 5.94. The van der Waals surface area contributed by atoms with Gasteiger partial charge in [-0.3, -0.25) is 9.59 Å². The van der Waals surface area contributed by atoms with Gasteiger partial charge in [-0.25, -0.2) is 0 Å². The lowest BCUT2D eigenvalue weighted by Gasteiger charge is -2.12. The molecule has 2 rings (SSSR count). The van der Waals surface area contributed by atoms with Crippen LogP contribution in [0.3, 0.4) is 0 Å². The van der Waals surface area contributed by atoms with Gasteiger partial charge in [0.15, 0.2) is 0 Å². The van der Waals surface area contributed by atoms with Gasteiger partial charge in [0, 0.05) is 32.5 Å². The summed E-state index contributed by atoms with van der Waals surface area (Å²) in [6.07, 6.45) is 1.33. The highest BCUT2D eigenvalue weighted by Crippen LogP contribution is 2.16. The van der Waals surface area contributed by atoms with Crippen LogP contribution in [0.5, 0.6) is 0 Å². The predicted octanol–water partition coefficient (Wildman–Crippen LogP) is 1.08. The molecule has 0 aromatic heterocycles. The van der Waals surface area contributed by atoms with Gasteiger partial charge < -0.3 is 25.4 Å². The van der Waals surface area contributed by atoms with Gasteiger partial charge in [0.25, 0.3) is 5.91 Å². The molecule has 0 aliphatic carbocycles. The zero-order chi connectivity index (χ0) is 17.2. The van der Waals surface area contributed by atoms with Crippen LogP contribution in [0.2, 0.25) is 0 Å². The Balaban J connectivity index is 0.00000312. The zero-order valence-electron chi connectivity index (χ0n) is 14.4. The number of carbonyl (C=O) groups is 2. The maximum Gasteiger partial charge on any atom is 0.253 e. The Morgan fingerprint density at radius 2 is 2.20 bits per heavy atom. The highest BCUT2D eigenvalue weighted by atomic mass is 35.5. The van der Waals surface area contributed by atoms with Gasteiger partial charge in [0.05, 0.1) is 13.2 Å². The molecule has 0 bridgehead atoms. The predicted molar refractivity (Wildman–Crippen MR) is 97.9 cm³/mol. The minimum Gasteiger partial charge on any atom is -0.383 e. The van der Waals surface area contributed by atoms with Crippen molar-refractivity contribution in [3.8, 4) is 0 Å². The van der Waals surface area contributed by atoms with E-state index in [1.807, 2.05) is 24.3 Å². The minimum atomic E-state index is -0.355. The van der Waals surface area contributed by atoms with E-state index in [0.29, 0.717) is 32.0 Å². The Labute approximate surface area is 154 Å². The number of hydrogen-bond donors (Lipinski definition) is 3. The Morgan fingerprint density at radius 3 is 2.92 bits per heavy atom. The molecular weight excluding hydrogens is 346 g/mol. The molecule has 1 aromatic rings. The van der Waals surface area contributed by atoms with E-state index in [0.717, 1.165) is 18.4 Å². The summed E-state index contributed by atoms with van der Waals surface area (Å²) in [5, 5.41) is 8.67. The third-order valence-electron chi connectivity index (χ3n) is 3.67. The molecule has 0 radical (unpaired) electrons. The van der Waals surface area contributed by atoms with Crippen molar-refractivity contribution < 1.29 is 19.1 Å². The first kappa shape index (κ1) is 21.4. The summed E-state index contributed by atoms with van der Waals surface area (Å²) in [6.45, 7) is 2.50. The second-order valence-corrected chi connectivity index (χ2v) is 5.64. The van der Waals surface area contributed by atoms with Crippen molar-refractivity contribution in [2.75, 3.05) is 38.7 Å². The SMILES string of the molecule is COCCNCC(=O)NCc1cccc(NC(=O)C2CCCO2)c1.Cl. The van der Waals surface area contributed by atoms with Gasteiger partial charge in [-0.2, -0.15) is 0 Å². The third-order valence-corrected chi connectivity index (χ3v) is 3.67. The molecule has 1 aliphatic rings. The van der Waals surface area contributed by atoms with Crippen molar-refractivity contribution in [1.82, 2.24) is 10.6 Å². The van der Waals surface area contributed by atoms with Crippen LogP contribution in [0, 0.1) is 0 Å². The highest BCUT2D eigenvalue weighted by Gasteiger charge is 2.23. The average Bonchev–Trinajstić information content (AvgIpc) is 3.12. The normalized spacial score (nSPS) is 16.1. The summed E-state index contributed by atoms with van der Waals surface area (Å²) in [4.78, 5) is 23.8. The maximum absolute atomic E-state index is 12.0. The fraction of sp³-hybridized carbons (Fsp3) is 0.529. The fourth-order valence-electron chi connectivity index (χ4n) is 2.41. The second kappa shape index (κ2) is 11.8. The molecule has 1 aliphatic heterocycles. The van der Waals surface area contributed by atoms with Crippen LogP contribution in [0.1, 0.15) is 18.4 Å². The molecule has 0 spiro atoms. The van der Waals surface area contributed by atoms with E-state index in [1.54, 1.807) is 7.11 Å². The molecule has 25 heavy (non-hydrogen) atoms. The monoisotopic (exact) mass is 371 g/mol. The minimum absolute atomic E-state index is 0. The second-order valence-electron chi connectivity index (χ2n) is 5.64. The molecule has 1 heterocycles. The number of amides is 2. The van der Waals surface area contributed by atoms with Crippen molar-refractivity contribution in [2.24, 2.45) is 0 Å². The van der Waals surface area contributed by atoms with Gasteiger partial charge in [0.1, 0.15) is 6.10 Å². The fourth-order valence-corrected chi connectivity index (χ4v) is 2.41. The van der Waals surface area contributed by atoms with Crippen LogP contribution < -0.4 is 16.0 Å². The van der Waals surface area contributed by atoms with Crippen molar-refractivity contribution >= 4 is 29.9 Å². The molecular formula is C17H26ClN3O4. The summed E-state index contributed by atoms with van der Waals surface area (Å²) >= 11 is 0. The topological polar surface area (TPSA) is 88.7 Å². The molecule has 8 heteroatoms. The van der Waals surface area contributed by atoms with E-state index in [9.17, 15) is 9.59 Å². The summed E-state index contributed by atoms with van der Waals surface area (Å²) in [5.41, 5.74) is 1.63. The van der Waals surface area contributed by atoms with Gasteiger partial charge in [-0.15, -0.1) is 12.4 Å². The summed E-state index contributed by atoms with van der Waals surface area (Å²) in [6, 6.07) is 7.43. The van der Waals surface area contributed by atoms with Crippen LogP contribution in [-0.2, 0) is 25.6 Å². The molecule has 1 unspecified atom stereocenters. The Hall–Kier alpha value is -1.67. The van der Waals surface area contributed by atoms with E-state index in [4.69, 9.17) is 9.47 Å². The summed E-state index contributed by atoms with van der Waals surface area (Å²) in [5.74, 6) is -0.198. The summed E-state index contributed by atoms with van der Waals surface area (Å²) in [7, 11) is 1.62. The van der Waals surface area contributed by atoms with E-state index in [1.165, 1.54) is 0 Å². The number of halogens is 1. The molecule has 1 fully saturated rings. The standard InChI is InChI=1S/C17H25N3O4.ClH/c1-23-9-7-18-12-16(21)19-11-13-4-2-5-14(10-13)20-17(22)15-6-3-8-24-15;/h2,4-5,10,15,18H,3,6-9,11-12H2,1H3,(H,19,21)(H,20,22);1H. The Kier molecular flexibility index (Phi) is 10.1. The lowest BCUT2D eigenvalue weighted by molar-refractivity contribution is -0.124. The first-order valence-electron chi connectivity index (χ1n) is 8.17. The molecule has 7 nitrogen and oxygen atoms in total. The van der Waals surface area contributed by atoms with E-state index < -0.39 is 0 Å². The van der Waals surface area contributed by atoms with Gasteiger partial charge >= 0.3 is 0 Å². The van der Waals surface area contributed by atoms with Gasteiger partial charge in [-0.05, 0) is 30.5 Å². The number of anilines is 1. The van der Waals surface area contributed by atoms with E-state index in [2.05, 4.69) is 16.0 Å². The Bertz CT molecular complexity index is 550. The molecule has 1 aromatic carbocycles. The molecule has 0 saturated carbocycles. The number of methoxy groups -OCH3 is 1. The lowest BCUT2D eigenvalue weighted by atomic mass is 10.2. The van der Waals surface area contributed by atoms with Crippen molar-refractivity contribution in [3.63, 3.8) is 0 Å². The first-order valence-corrected chi connectivity index (χ1v) is 8.17. The third kappa shape index (κ3) is 7.83. The molecule has 3 N–H and O–H groups in total. The van der Waals surface area contributed by atoms with Gasteiger partial charge in [-0.1, -0.05) is 12.1 Å². The van der Waals surface area contributed by atoms with Crippen LogP contribution in [0.15, 0.2) is 24.3 Å². The van der Waals surface area contributed by atoms with Gasteiger partial charge in [0.2, 0.25) is 5.91 Å². The van der Waals surface area contributed by atoms with E-state index in [-0.39, 0.29) is 36.9 Å².